The number of urea groups is 1. The van der Waals surface area contributed by atoms with E-state index in [9.17, 15) is 9.59 Å². The predicted octanol–water partition coefficient (Wildman–Crippen LogP) is -0.445. The number of carbonyl (C=O) groups excluding carboxylic acids is 2. The number of amides is 3. The van der Waals surface area contributed by atoms with Gasteiger partial charge in [-0.1, -0.05) is 13.8 Å². The summed E-state index contributed by atoms with van der Waals surface area (Å²) in [6.45, 7) is 3.86. The zero-order chi connectivity index (χ0) is 9.72. The standard InChI is InChI=1S/C7H15N3O2/c1-4(2)3-5(6(8)11)10-7(9)12/h4-5H,3H2,1-2H3,(H2,8,11)(H3,9,10,12)/t5-/m0/s1. The molecule has 0 aromatic heterocycles. The summed E-state index contributed by atoms with van der Waals surface area (Å²) in [7, 11) is 0. The van der Waals surface area contributed by atoms with E-state index in [4.69, 9.17) is 11.5 Å². The van der Waals surface area contributed by atoms with Gasteiger partial charge in [-0.15, -0.1) is 0 Å². The Morgan fingerprint density at radius 2 is 1.83 bits per heavy atom. The van der Waals surface area contributed by atoms with Crippen molar-refractivity contribution in [1.82, 2.24) is 5.32 Å². The highest BCUT2D eigenvalue weighted by molar-refractivity contribution is 5.85. The average Bonchev–Trinajstić information content (AvgIpc) is 1.83. The summed E-state index contributed by atoms with van der Waals surface area (Å²) in [5.41, 5.74) is 9.87. The van der Waals surface area contributed by atoms with Crippen molar-refractivity contribution in [3.63, 3.8) is 0 Å². The molecule has 0 spiro atoms. The van der Waals surface area contributed by atoms with Crippen LogP contribution in [0.15, 0.2) is 0 Å². The molecule has 1 atom stereocenters. The van der Waals surface area contributed by atoms with Crippen molar-refractivity contribution < 1.29 is 9.59 Å². The summed E-state index contributed by atoms with van der Waals surface area (Å²) >= 11 is 0. The first-order chi connectivity index (χ1) is 5.43. The molecule has 0 aliphatic heterocycles. The number of nitrogens with two attached hydrogens (primary N) is 2. The first-order valence-electron chi connectivity index (χ1n) is 3.78. The van der Waals surface area contributed by atoms with Crippen LogP contribution in [-0.4, -0.2) is 18.0 Å². The van der Waals surface area contributed by atoms with Crippen LogP contribution in [0, 0.1) is 5.92 Å². The van der Waals surface area contributed by atoms with E-state index < -0.39 is 18.0 Å². The maximum atomic E-state index is 10.7. The molecule has 12 heavy (non-hydrogen) atoms. The highest BCUT2D eigenvalue weighted by Gasteiger charge is 2.17. The summed E-state index contributed by atoms with van der Waals surface area (Å²) in [5, 5.41) is 2.27. The van der Waals surface area contributed by atoms with E-state index in [1.54, 1.807) is 0 Å². The smallest absolute Gasteiger partial charge is 0.312 e. The van der Waals surface area contributed by atoms with Crippen molar-refractivity contribution in [2.24, 2.45) is 17.4 Å². The molecule has 70 valence electrons. The average molecular weight is 173 g/mol. The summed E-state index contributed by atoms with van der Waals surface area (Å²) in [5.74, 6) is -0.267. The van der Waals surface area contributed by atoms with Gasteiger partial charge in [0.15, 0.2) is 0 Å². The van der Waals surface area contributed by atoms with E-state index in [0.29, 0.717) is 6.42 Å². The molecule has 0 saturated heterocycles. The Hall–Kier alpha value is -1.26. The lowest BCUT2D eigenvalue weighted by Crippen LogP contribution is -2.47. The van der Waals surface area contributed by atoms with Gasteiger partial charge in [-0.2, -0.15) is 0 Å². The van der Waals surface area contributed by atoms with Crippen LogP contribution in [0.3, 0.4) is 0 Å². The van der Waals surface area contributed by atoms with Crippen molar-refractivity contribution >= 4 is 11.9 Å². The Labute approximate surface area is 71.5 Å². The van der Waals surface area contributed by atoms with Gasteiger partial charge in [-0.3, -0.25) is 4.79 Å². The fourth-order valence-electron chi connectivity index (χ4n) is 0.889. The third-order valence-corrected chi connectivity index (χ3v) is 1.37. The summed E-state index contributed by atoms with van der Waals surface area (Å²) < 4.78 is 0. The minimum atomic E-state index is -0.723. The zero-order valence-electron chi connectivity index (χ0n) is 7.33. The Balaban J connectivity index is 4.04. The molecule has 0 fully saturated rings. The molecule has 0 bridgehead atoms. The third-order valence-electron chi connectivity index (χ3n) is 1.37. The maximum Gasteiger partial charge on any atom is 0.312 e. The molecule has 0 aliphatic rings. The van der Waals surface area contributed by atoms with Gasteiger partial charge in [0.25, 0.3) is 0 Å². The number of hydrogen-bond donors (Lipinski definition) is 3. The second-order valence-electron chi connectivity index (χ2n) is 3.09. The van der Waals surface area contributed by atoms with E-state index in [-0.39, 0.29) is 5.92 Å². The van der Waals surface area contributed by atoms with Crippen molar-refractivity contribution in [2.75, 3.05) is 0 Å². The SMILES string of the molecule is CC(C)C[C@H](NC(N)=O)C(N)=O. The molecular weight excluding hydrogens is 158 g/mol. The highest BCUT2D eigenvalue weighted by Crippen LogP contribution is 2.03. The van der Waals surface area contributed by atoms with Crippen LogP contribution in [0.25, 0.3) is 0 Å². The fraction of sp³-hybridized carbons (Fsp3) is 0.714. The molecule has 5 N–H and O–H groups in total. The minimum absolute atomic E-state index is 0.286. The van der Waals surface area contributed by atoms with Gasteiger partial charge in [0.05, 0.1) is 0 Å². The van der Waals surface area contributed by atoms with Crippen LogP contribution in [-0.2, 0) is 4.79 Å². The van der Waals surface area contributed by atoms with Crippen molar-refractivity contribution in [1.29, 1.82) is 0 Å². The van der Waals surface area contributed by atoms with Gasteiger partial charge in [-0.05, 0) is 12.3 Å². The van der Waals surface area contributed by atoms with Crippen molar-refractivity contribution in [3.05, 3.63) is 0 Å². The topological polar surface area (TPSA) is 98.2 Å². The highest BCUT2D eigenvalue weighted by atomic mass is 16.2. The molecule has 0 radical (unpaired) electrons. The molecule has 0 aromatic rings. The number of nitrogens with one attached hydrogen (secondary N) is 1. The van der Waals surface area contributed by atoms with Crippen LogP contribution in [0.1, 0.15) is 20.3 Å². The quantitative estimate of drug-likeness (QED) is 0.536. The van der Waals surface area contributed by atoms with Crippen LogP contribution in [0.5, 0.6) is 0 Å². The number of rotatable bonds is 4. The van der Waals surface area contributed by atoms with E-state index in [2.05, 4.69) is 5.32 Å². The normalized spacial score (nSPS) is 12.6. The lowest BCUT2D eigenvalue weighted by Gasteiger charge is -2.15. The third kappa shape index (κ3) is 4.54. The van der Waals surface area contributed by atoms with Gasteiger partial charge in [0.1, 0.15) is 6.04 Å². The largest absolute Gasteiger partial charge is 0.368 e. The lowest BCUT2D eigenvalue weighted by molar-refractivity contribution is -0.120. The second kappa shape index (κ2) is 4.58. The van der Waals surface area contributed by atoms with E-state index >= 15 is 0 Å². The Kier molecular flexibility index (Phi) is 4.10. The van der Waals surface area contributed by atoms with E-state index in [1.165, 1.54) is 0 Å². The van der Waals surface area contributed by atoms with Gasteiger partial charge in [0.2, 0.25) is 5.91 Å². The lowest BCUT2D eigenvalue weighted by atomic mass is 10.0. The van der Waals surface area contributed by atoms with Crippen molar-refractivity contribution in [2.45, 2.75) is 26.3 Å². The van der Waals surface area contributed by atoms with Crippen LogP contribution >= 0.6 is 0 Å². The van der Waals surface area contributed by atoms with Gasteiger partial charge >= 0.3 is 6.03 Å². The van der Waals surface area contributed by atoms with Gasteiger partial charge in [-0.25, -0.2) is 4.79 Å². The molecule has 0 heterocycles. The van der Waals surface area contributed by atoms with E-state index in [0.717, 1.165) is 0 Å². The molecule has 0 aliphatic carbocycles. The molecule has 0 aromatic carbocycles. The van der Waals surface area contributed by atoms with E-state index in [1.807, 2.05) is 13.8 Å². The molecule has 5 heteroatoms. The van der Waals surface area contributed by atoms with Gasteiger partial charge < -0.3 is 16.8 Å². The maximum absolute atomic E-state index is 10.7. The summed E-state index contributed by atoms with van der Waals surface area (Å²) in [6, 6.07) is -1.37. The Morgan fingerprint density at radius 3 is 2.08 bits per heavy atom. The molecule has 3 amide bonds. The van der Waals surface area contributed by atoms with Crippen molar-refractivity contribution in [3.8, 4) is 0 Å². The molecular formula is C7H15N3O2. The molecule has 5 nitrogen and oxygen atoms in total. The number of hydrogen-bond acceptors (Lipinski definition) is 2. The summed E-state index contributed by atoms with van der Waals surface area (Å²) in [4.78, 5) is 21.1. The molecule has 0 saturated carbocycles. The first-order valence-corrected chi connectivity index (χ1v) is 3.78. The van der Waals surface area contributed by atoms with Crippen LogP contribution in [0.4, 0.5) is 4.79 Å². The fourth-order valence-corrected chi connectivity index (χ4v) is 0.889. The molecule has 0 unspecified atom stereocenters. The Bertz CT molecular complexity index is 179. The molecule has 0 rings (SSSR count). The first kappa shape index (κ1) is 10.7. The summed E-state index contributed by atoms with van der Waals surface area (Å²) in [6.07, 6.45) is 0.512. The van der Waals surface area contributed by atoms with Gasteiger partial charge in [0, 0.05) is 0 Å². The monoisotopic (exact) mass is 173 g/mol. The minimum Gasteiger partial charge on any atom is -0.368 e. The second-order valence-corrected chi connectivity index (χ2v) is 3.09. The number of primary amides is 2. The number of carbonyl (C=O) groups is 2. The van der Waals surface area contributed by atoms with Crippen LogP contribution in [0.2, 0.25) is 0 Å². The Morgan fingerprint density at radius 1 is 1.33 bits per heavy atom. The zero-order valence-corrected chi connectivity index (χ0v) is 7.33. The van der Waals surface area contributed by atoms with Crippen LogP contribution < -0.4 is 16.8 Å². The predicted molar refractivity (Wildman–Crippen MR) is 45.2 cm³/mol.